The van der Waals surface area contributed by atoms with Crippen LogP contribution in [0, 0.1) is 0 Å². The Morgan fingerprint density at radius 1 is 0.914 bits per heavy atom. The second-order valence-corrected chi connectivity index (χ2v) is 9.97. The molecule has 2 amide bonds. The molecule has 3 aromatic carbocycles. The Bertz CT molecular complexity index is 1110. The minimum absolute atomic E-state index is 0.0297. The van der Waals surface area contributed by atoms with E-state index in [4.69, 9.17) is 16.3 Å². The van der Waals surface area contributed by atoms with Gasteiger partial charge in [0.25, 0.3) is 5.91 Å². The highest BCUT2D eigenvalue weighted by Crippen LogP contribution is 2.24. The summed E-state index contributed by atoms with van der Waals surface area (Å²) in [4.78, 5) is 28.0. The maximum absolute atomic E-state index is 13.5. The summed E-state index contributed by atoms with van der Waals surface area (Å²) in [6.07, 6.45) is 0.389. The predicted octanol–water partition coefficient (Wildman–Crippen LogP) is 5.40. The first kappa shape index (κ1) is 26.3. The number of nitrogens with zero attached hydrogens (tertiary/aromatic N) is 1. The van der Waals surface area contributed by atoms with Crippen molar-refractivity contribution in [3.63, 3.8) is 0 Å². The first-order valence-electron chi connectivity index (χ1n) is 11.7. The molecule has 0 aliphatic heterocycles. The maximum Gasteiger partial charge on any atom is 0.261 e. The normalized spacial score (nSPS) is 12.0. The molecule has 0 saturated heterocycles. The third-order valence-electron chi connectivity index (χ3n) is 5.87. The summed E-state index contributed by atoms with van der Waals surface area (Å²) in [5, 5.41) is 3.33. The number of hydrogen-bond donors (Lipinski definition) is 1. The highest BCUT2D eigenvalue weighted by atomic mass is 35.5. The standard InChI is InChI=1S/C29H33ClN2O3/c1-29(2,3)23-12-16-25(17-13-23)35-20-27(33)32(19-22-10-14-24(30)15-11-22)26(28(34)31-4)18-21-8-6-5-7-9-21/h5-17,26H,18-20H2,1-4H3,(H,31,34)/t26-/m0/s1. The Hall–Kier alpha value is -3.31. The SMILES string of the molecule is CNC(=O)[C@H](Cc1ccccc1)N(Cc1ccc(Cl)cc1)C(=O)COc1ccc(C(C)(C)C)cc1. The van der Waals surface area contributed by atoms with Crippen LogP contribution in [-0.4, -0.2) is 36.4 Å². The smallest absolute Gasteiger partial charge is 0.261 e. The van der Waals surface area contributed by atoms with Gasteiger partial charge in [-0.1, -0.05) is 87.0 Å². The van der Waals surface area contributed by atoms with Gasteiger partial charge in [-0.05, 0) is 46.4 Å². The van der Waals surface area contributed by atoms with Crippen LogP contribution in [0.15, 0.2) is 78.9 Å². The predicted molar refractivity (Wildman–Crippen MR) is 141 cm³/mol. The Balaban J connectivity index is 1.83. The van der Waals surface area contributed by atoms with Crippen LogP contribution < -0.4 is 10.1 Å². The monoisotopic (exact) mass is 492 g/mol. The molecule has 0 aliphatic carbocycles. The first-order valence-corrected chi connectivity index (χ1v) is 12.1. The van der Waals surface area contributed by atoms with Crippen LogP contribution in [0.3, 0.4) is 0 Å². The van der Waals surface area contributed by atoms with E-state index < -0.39 is 6.04 Å². The highest BCUT2D eigenvalue weighted by Gasteiger charge is 2.30. The quantitative estimate of drug-likeness (QED) is 0.435. The van der Waals surface area contributed by atoms with Crippen molar-refractivity contribution < 1.29 is 14.3 Å². The number of carbonyl (C=O) groups excluding carboxylic acids is 2. The number of carbonyl (C=O) groups is 2. The third kappa shape index (κ3) is 7.59. The van der Waals surface area contributed by atoms with Crippen molar-refractivity contribution in [3.8, 4) is 5.75 Å². The molecule has 184 valence electrons. The molecule has 0 saturated carbocycles. The molecule has 1 N–H and O–H groups in total. The molecule has 35 heavy (non-hydrogen) atoms. The van der Waals surface area contributed by atoms with E-state index in [2.05, 4.69) is 26.1 Å². The number of hydrogen-bond acceptors (Lipinski definition) is 3. The van der Waals surface area contributed by atoms with Gasteiger partial charge in [0.1, 0.15) is 11.8 Å². The molecule has 5 nitrogen and oxygen atoms in total. The van der Waals surface area contributed by atoms with E-state index in [1.165, 1.54) is 5.56 Å². The van der Waals surface area contributed by atoms with Crippen LogP contribution in [-0.2, 0) is 28.0 Å². The second kappa shape index (κ2) is 11.9. The lowest BCUT2D eigenvalue weighted by molar-refractivity contribution is -0.142. The second-order valence-electron chi connectivity index (χ2n) is 9.53. The number of halogens is 1. The average molecular weight is 493 g/mol. The number of ether oxygens (including phenoxy) is 1. The Labute approximate surface area is 213 Å². The minimum atomic E-state index is -0.697. The highest BCUT2D eigenvalue weighted by molar-refractivity contribution is 6.30. The lowest BCUT2D eigenvalue weighted by Crippen LogP contribution is -2.51. The van der Waals surface area contributed by atoms with E-state index in [-0.39, 0.29) is 30.4 Å². The topological polar surface area (TPSA) is 58.6 Å². The van der Waals surface area contributed by atoms with Gasteiger partial charge in [0.15, 0.2) is 6.61 Å². The van der Waals surface area contributed by atoms with E-state index >= 15 is 0 Å². The van der Waals surface area contributed by atoms with Crippen molar-refractivity contribution in [1.29, 1.82) is 0 Å². The molecule has 6 heteroatoms. The lowest BCUT2D eigenvalue weighted by Gasteiger charge is -2.31. The summed E-state index contributed by atoms with van der Waals surface area (Å²) in [5.41, 5.74) is 3.05. The van der Waals surface area contributed by atoms with Gasteiger partial charge in [-0.25, -0.2) is 0 Å². The van der Waals surface area contributed by atoms with Gasteiger partial charge in [0.05, 0.1) is 0 Å². The molecule has 0 heterocycles. The van der Waals surface area contributed by atoms with Gasteiger partial charge < -0.3 is 15.0 Å². The van der Waals surface area contributed by atoms with Crippen LogP contribution in [0.1, 0.15) is 37.5 Å². The van der Waals surface area contributed by atoms with Crippen molar-refractivity contribution in [2.75, 3.05) is 13.7 Å². The Morgan fingerprint density at radius 2 is 1.54 bits per heavy atom. The number of amides is 2. The number of benzene rings is 3. The van der Waals surface area contributed by atoms with Crippen molar-refractivity contribution in [2.45, 2.75) is 45.2 Å². The summed E-state index contributed by atoms with van der Waals surface area (Å²) < 4.78 is 5.84. The molecule has 0 radical (unpaired) electrons. The summed E-state index contributed by atoms with van der Waals surface area (Å²) >= 11 is 6.05. The molecule has 3 aromatic rings. The zero-order valence-corrected chi connectivity index (χ0v) is 21.5. The van der Waals surface area contributed by atoms with E-state index in [0.717, 1.165) is 11.1 Å². The van der Waals surface area contributed by atoms with Crippen molar-refractivity contribution >= 4 is 23.4 Å². The van der Waals surface area contributed by atoms with Crippen LogP contribution in [0.2, 0.25) is 5.02 Å². The fraction of sp³-hybridized carbons (Fsp3) is 0.310. The molecule has 0 aromatic heterocycles. The molecular formula is C29H33ClN2O3. The first-order chi connectivity index (χ1) is 16.7. The fourth-order valence-corrected chi connectivity index (χ4v) is 3.91. The summed E-state index contributed by atoms with van der Waals surface area (Å²) in [7, 11) is 1.58. The Morgan fingerprint density at radius 3 is 2.11 bits per heavy atom. The fourth-order valence-electron chi connectivity index (χ4n) is 3.79. The molecule has 1 atom stereocenters. The van der Waals surface area contributed by atoms with Crippen LogP contribution in [0.4, 0.5) is 0 Å². The molecule has 0 unspecified atom stereocenters. The van der Waals surface area contributed by atoms with Gasteiger partial charge in [0.2, 0.25) is 5.91 Å². The average Bonchev–Trinajstić information content (AvgIpc) is 2.85. The molecule has 0 aliphatic rings. The number of rotatable bonds is 9. The molecule has 0 bridgehead atoms. The molecule has 0 spiro atoms. The largest absolute Gasteiger partial charge is 0.484 e. The van der Waals surface area contributed by atoms with Crippen LogP contribution in [0.5, 0.6) is 5.75 Å². The van der Waals surface area contributed by atoms with Gasteiger partial charge in [-0.15, -0.1) is 0 Å². The van der Waals surface area contributed by atoms with Gasteiger partial charge in [0, 0.05) is 25.0 Å². The molecule has 0 fully saturated rings. The van der Waals surface area contributed by atoms with Crippen molar-refractivity contribution in [2.24, 2.45) is 0 Å². The molecular weight excluding hydrogens is 460 g/mol. The van der Waals surface area contributed by atoms with E-state index in [0.29, 0.717) is 17.2 Å². The summed E-state index contributed by atoms with van der Waals surface area (Å²) in [5.74, 6) is 0.104. The van der Waals surface area contributed by atoms with Gasteiger partial charge >= 0.3 is 0 Å². The lowest BCUT2D eigenvalue weighted by atomic mass is 9.87. The van der Waals surface area contributed by atoms with E-state index in [1.54, 1.807) is 24.1 Å². The minimum Gasteiger partial charge on any atom is -0.484 e. The van der Waals surface area contributed by atoms with Crippen LogP contribution >= 0.6 is 11.6 Å². The number of nitrogens with one attached hydrogen (secondary N) is 1. The van der Waals surface area contributed by atoms with E-state index in [9.17, 15) is 9.59 Å². The Kier molecular flexibility index (Phi) is 8.94. The van der Waals surface area contributed by atoms with Crippen molar-refractivity contribution in [3.05, 3.63) is 101 Å². The maximum atomic E-state index is 13.5. The molecule has 3 rings (SSSR count). The third-order valence-corrected chi connectivity index (χ3v) is 6.12. The number of likely N-dealkylation sites (N-methyl/N-ethyl adjacent to an activating group) is 1. The van der Waals surface area contributed by atoms with Gasteiger partial charge in [-0.2, -0.15) is 0 Å². The van der Waals surface area contributed by atoms with Gasteiger partial charge in [-0.3, -0.25) is 9.59 Å². The zero-order valence-electron chi connectivity index (χ0n) is 20.8. The summed E-state index contributed by atoms with van der Waals surface area (Å²) in [6.45, 7) is 6.52. The van der Waals surface area contributed by atoms with E-state index in [1.807, 2.05) is 66.7 Å². The zero-order chi connectivity index (χ0) is 25.4. The van der Waals surface area contributed by atoms with Crippen molar-refractivity contribution in [1.82, 2.24) is 10.2 Å². The van der Waals surface area contributed by atoms with Crippen LogP contribution in [0.25, 0.3) is 0 Å². The summed E-state index contributed by atoms with van der Waals surface area (Å²) in [6, 6.07) is 24.0.